The van der Waals surface area contributed by atoms with Crippen LogP contribution in [0.4, 0.5) is 5.69 Å². The lowest BCUT2D eigenvalue weighted by atomic mass is 10.0. The predicted molar refractivity (Wildman–Crippen MR) is 154 cm³/mol. The molecule has 3 atom stereocenters. The highest BCUT2D eigenvalue weighted by Crippen LogP contribution is 2.35. The number of hydrogen-bond acceptors (Lipinski definition) is 8. The molecule has 3 N–H and O–H groups in total. The van der Waals surface area contributed by atoms with E-state index in [2.05, 4.69) is 58.6 Å². The molecule has 2 aliphatic heterocycles. The largest absolute Gasteiger partial charge is 0.393 e. The van der Waals surface area contributed by atoms with Gasteiger partial charge in [0.25, 0.3) is 5.91 Å². The Balaban J connectivity index is 1.29. The lowest BCUT2D eigenvalue weighted by Crippen LogP contribution is -2.44. The van der Waals surface area contributed by atoms with Gasteiger partial charge in [-0.1, -0.05) is 18.2 Å². The van der Waals surface area contributed by atoms with Crippen LogP contribution in [0.1, 0.15) is 24.6 Å². The quantitative estimate of drug-likeness (QED) is 0.320. The molecule has 0 bridgehead atoms. The monoisotopic (exact) mass is 546 g/mol. The van der Waals surface area contributed by atoms with Gasteiger partial charge in [0.1, 0.15) is 11.6 Å². The summed E-state index contributed by atoms with van der Waals surface area (Å²) in [5.41, 5.74) is 2.99. The minimum atomic E-state index is -1.05. The van der Waals surface area contributed by atoms with E-state index in [1.807, 2.05) is 18.2 Å². The zero-order valence-corrected chi connectivity index (χ0v) is 23.1. The van der Waals surface area contributed by atoms with E-state index in [1.165, 1.54) is 16.5 Å². The number of amides is 1. The van der Waals surface area contributed by atoms with E-state index in [0.29, 0.717) is 12.0 Å². The van der Waals surface area contributed by atoms with Crippen LogP contribution >= 0.6 is 11.3 Å². The molecule has 204 valence electrons. The first-order valence-electron chi connectivity index (χ1n) is 13.3. The molecule has 5 rings (SSSR count). The van der Waals surface area contributed by atoms with Crippen molar-refractivity contribution in [1.82, 2.24) is 10.2 Å². The van der Waals surface area contributed by atoms with Crippen LogP contribution in [0.5, 0.6) is 0 Å². The summed E-state index contributed by atoms with van der Waals surface area (Å²) in [6, 6.07) is 19.1. The molecule has 3 unspecified atom stereocenters. The van der Waals surface area contributed by atoms with Crippen molar-refractivity contribution >= 4 is 39.3 Å². The second-order valence-corrected chi connectivity index (χ2v) is 11.4. The van der Waals surface area contributed by atoms with E-state index >= 15 is 0 Å². The third-order valence-corrected chi connectivity index (χ3v) is 8.77. The Morgan fingerprint density at radius 1 is 1.08 bits per heavy atom. The number of allylic oxidation sites excluding steroid dienone is 1. The van der Waals surface area contributed by atoms with Crippen molar-refractivity contribution in [3.8, 4) is 16.5 Å². The molecule has 3 aromatic rings. The number of nitriles is 1. The topological polar surface area (TPSA) is 109 Å². The van der Waals surface area contributed by atoms with Crippen LogP contribution in [0.15, 0.2) is 54.1 Å². The van der Waals surface area contributed by atoms with Crippen LogP contribution < -0.4 is 10.2 Å². The summed E-state index contributed by atoms with van der Waals surface area (Å²) >= 11 is 1.54. The number of thiophene rings is 1. The van der Waals surface area contributed by atoms with Gasteiger partial charge in [-0.2, -0.15) is 5.26 Å². The number of aliphatic hydroxyl groups is 2. The Bertz CT molecular complexity index is 1410. The van der Waals surface area contributed by atoms with Crippen LogP contribution in [-0.2, 0) is 9.53 Å². The molecule has 1 amide bonds. The van der Waals surface area contributed by atoms with Gasteiger partial charge in [-0.05, 0) is 66.2 Å². The van der Waals surface area contributed by atoms with E-state index in [0.717, 1.165) is 41.5 Å². The molecule has 2 fully saturated rings. The summed E-state index contributed by atoms with van der Waals surface area (Å²) in [6.45, 7) is 6.10. The smallest absolute Gasteiger partial charge is 0.262 e. The molecule has 8 nitrogen and oxygen atoms in total. The van der Waals surface area contributed by atoms with Crippen molar-refractivity contribution in [2.24, 2.45) is 0 Å². The number of rotatable bonds is 6. The van der Waals surface area contributed by atoms with Gasteiger partial charge in [-0.25, -0.2) is 0 Å². The first-order chi connectivity index (χ1) is 18.8. The fourth-order valence-electron chi connectivity index (χ4n) is 5.16. The fourth-order valence-corrected chi connectivity index (χ4v) is 6.17. The molecule has 0 spiro atoms. The van der Waals surface area contributed by atoms with E-state index in [9.17, 15) is 20.3 Å². The molecule has 1 aromatic heterocycles. The van der Waals surface area contributed by atoms with Gasteiger partial charge in [-0.3, -0.25) is 4.79 Å². The number of fused-ring (bicyclic) bond motifs is 1. The summed E-state index contributed by atoms with van der Waals surface area (Å²) in [4.78, 5) is 19.5. The Hall–Kier alpha value is -3.26. The number of aliphatic hydroxyl groups excluding tert-OH is 2. The zero-order valence-electron chi connectivity index (χ0n) is 22.3. The zero-order chi connectivity index (χ0) is 27.5. The van der Waals surface area contributed by atoms with Gasteiger partial charge in [-0.15, -0.1) is 11.3 Å². The van der Waals surface area contributed by atoms with Gasteiger partial charge in [0.2, 0.25) is 0 Å². The predicted octanol–water partition coefficient (Wildman–Crippen LogP) is 3.59. The third kappa shape index (κ3) is 6.32. The van der Waals surface area contributed by atoms with Crippen LogP contribution in [0.25, 0.3) is 26.8 Å². The summed E-state index contributed by atoms with van der Waals surface area (Å²) in [5.74, 6) is -0.495. The second-order valence-electron chi connectivity index (χ2n) is 10.4. The van der Waals surface area contributed by atoms with Crippen LogP contribution in [-0.4, -0.2) is 79.3 Å². The van der Waals surface area contributed by atoms with E-state index in [1.54, 1.807) is 18.3 Å². The molecule has 2 aromatic carbocycles. The molecule has 39 heavy (non-hydrogen) atoms. The minimum Gasteiger partial charge on any atom is -0.393 e. The highest BCUT2D eigenvalue weighted by atomic mass is 32.1. The molecular formula is C30H34N4O4S. The molecular weight excluding hydrogens is 512 g/mol. The van der Waals surface area contributed by atoms with Crippen LogP contribution in [0.2, 0.25) is 0 Å². The Labute approximate surface area is 232 Å². The third-order valence-electron chi connectivity index (χ3n) is 7.51. The number of nitrogens with one attached hydrogen (secondary N) is 1. The second kappa shape index (κ2) is 11.9. The number of piperazine rings is 1. The Morgan fingerprint density at radius 2 is 1.82 bits per heavy atom. The highest BCUT2D eigenvalue weighted by Gasteiger charge is 2.27. The molecule has 0 aliphatic carbocycles. The average molecular weight is 547 g/mol. The summed E-state index contributed by atoms with van der Waals surface area (Å²) in [7, 11) is 2.16. The van der Waals surface area contributed by atoms with Crippen molar-refractivity contribution < 1.29 is 19.7 Å². The normalized spacial score (nSPS) is 22.8. The van der Waals surface area contributed by atoms with Crippen molar-refractivity contribution in [3.63, 3.8) is 0 Å². The number of nitrogens with zero attached hydrogens (tertiary/aromatic N) is 3. The average Bonchev–Trinajstić information content (AvgIpc) is 3.42. The SMILES string of the molecule is C/C(=C(/C#N)C(=O)NCC1CC(O)CC(O)O1)c1ccc(-c2ccc3cc(N4CCN(C)CC4)ccc3c2)s1. The number of ether oxygens (including phenoxy) is 1. The van der Waals surface area contributed by atoms with E-state index in [4.69, 9.17) is 4.74 Å². The number of likely N-dealkylation sites (N-methyl/N-ethyl adjacent to an activating group) is 1. The first-order valence-corrected chi connectivity index (χ1v) is 14.1. The van der Waals surface area contributed by atoms with E-state index in [-0.39, 0.29) is 18.5 Å². The van der Waals surface area contributed by atoms with Crippen molar-refractivity contribution in [1.29, 1.82) is 5.26 Å². The maximum absolute atomic E-state index is 12.8. The fraction of sp³-hybridized carbons (Fsp3) is 0.400. The molecule has 2 aliphatic rings. The molecule has 2 saturated heterocycles. The Morgan fingerprint density at radius 3 is 2.56 bits per heavy atom. The summed E-state index contributed by atoms with van der Waals surface area (Å²) in [6.07, 6.45) is -1.77. The lowest BCUT2D eigenvalue weighted by Gasteiger charge is -2.34. The summed E-state index contributed by atoms with van der Waals surface area (Å²) < 4.78 is 5.37. The maximum atomic E-state index is 12.8. The van der Waals surface area contributed by atoms with Crippen molar-refractivity contribution in [3.05, 3.63) is 59.0 Å². The maximum Gasteiger partial charge on any atom is 0.262 e. The van der Waals surface area contributed by atoms with Crippen LogP contribution in [0, 0.1) is 11.3 Å². The van der Waals surface area contributed by atoms with Gasteiger partial charge in [0, 0.05) is 61.0 Å². The Kier molecular flexibility index (Phi) is 8.31. The molecule has 9 heteroatoms. The van der Waals surface area contributed by atoms with Gasteiger partial charge >= 0.3 is 0 Å². The van der Waals surface area contributed by atoms with E-state index < -0.39 is 24.4 Å². The number of anilines is 1. The molecule has 0 saturated carbocycles. The van der Waals surface area contributed by atoms with Crippen LogP contribution in [0.3, 0.4) is 0 Å². The standard InChI is InChI=1S/C30H34N4O4S/c1-19(26(17-31)30(37)32-18-25-15-24(35)16-29(36)38-25)27-7-8-28(39-27)22-4-3-21-14-23(6-5-20(21)13-22)34-11-9-33(2)10-12-34/h3-8,13-14,24-25,29,35-36H,9-12,15-16,18H2,1-2H3,(H,32,37)/b26-19+. The van der Waals surface area contributed by atoms with Crippen molar-refractivity contribution in [2.45, 2.75) is 38.3 Å². The van der Waals surface area contributed by atoms with Gasteiger partial charge < -0.3 is 30.1 Å². The number of hydrogen-bond donors (Lipinski definition) is 3. The molecule has 0 radical (unpaired) electrons. The molecule has 3 heterocycles. The lowest BCUT2D eigenvalue weighted by molar-refractivity contribution is -0.187. The van der Waals surface area contributed by atoms with Gasteiger partial charge in [0.15, 0.2) is 6.29 Å². The van der Waals surface area contributed by atoms with Crippen molar-refractivity contribution in [2.75, 3.05) is 44.7 Å². The first kappa shape index (κ1) is 27.3. The minimum absolute atomic E-state index is 0.0373. The van der Waals surface area contributed by atoms with Gasteiger partial charge in [0.05, 0.1) is 12.2 Å². The number of carbonyl (C=O) groups is 1. The number of benzene rings is 2. The number of carbonyl (C=O) groups excluding carboxylic acids is 1. The summed E-state index contributed by atoms with van der Waals surface area (Å²) in [5, 5.41) is 34.3. The highest BCUT2D eigenvalue weighted by molar-refractivity contribution is 7.16.